The molecule has 8 nitrogen and oxygen atoms in total. The highest BCUT2D eigenvalue weighted by Crippen LogP contribution is 2.30. The first kappa shape index (κ1) is 20.1. The van der Waals surface area contributed by atoms with Gasteiger partial charge in [-0.1, -0.05) is 6.92 Å². The molecule has 2 fully saturated rings. The van der Waals surface area contributed by atoms with Crippen LogP contribution in [0.1, 0.15) is 49.9 Å². The number of carbonyl (C=O) groups excluding carboxylic acids is 2. The van der Waals surface area contributed by atoms with Crippen LogP contribution < -0.4 is 4.90 Å². The maximum absolute atomic E-state index is 12.8. The van der Waals surface area contributed by atoms with Crippen LogP contribution in [-0.4, -0.2) is 54.0 Å². The summed E-state index contributed by atoms with van der Waals surface area (Å²) in [6.07, 6.45) is 2.98. The Kier molecular flexibility index (Phi) is 6.16. The number of likely N-dealkylation sites (tertiary alicyclic amines) is 1. The summed E-state index contributed by atoms with van der Waals surface area (Å²) in [7, 11) is 0. The van der Waals surface area contributed by atoms with Crippen LogP contribution in [0.25, 0.3) is 0 Å². The lowest BCUT2D eigenvalue weighted by atomic mass is 9.98. The van der Waals surface area contributed by atoms with Crippen LogP contribution in [0.4, 0.5) is 11.4 Å². The van der Waals surface area contributed by atoms with Crippen LogP contribution in [0.15, 0.2) is 18.2 Å². The molecule has 1 aromatic carbocycles. The fourth-order valence-electron chi connectivity index (χ4n) is 3.80. The topological polar surface area (TPSA) is 93.0 Å². The number of nitro groups is 1. The van der Waals surface area contributed by atoms with Crippen molar-refractivity contribution in [2.45, 2.75) is 45.6 Å². The van der Waals surface area contributed by atoms with Crippen molar-refractivity contribution < 1.29 is 19.2 Å². The summed E-state index contributed by atoms with van der Waals surface area (Å²) in [6.45, 7) is 6.65. The van der Waals surface area contributed by atoms with E-state index in [1.54, 1.807) is 17.9 Å². The third-order valence-electron chi connectivity index (χ3n) is 5.58. The van der Waals surface area contributed by atoms with Crippen molar-refractivity contribution in [2.75, 3.05) is 31.1 Å². The van der Waals surface area contributed by atoms with Gasteiger partial charge in [-0.2, -0.15) is 0 Å². The Bertz CT molecular complexity index is 752. The van der Waals surface area contributed by atoms with Crippen molar-refractivity contribution in [1.82, 2.24) is 4.90 Å². The van der Waals surface area contributed by atoms with E-state index in [0.29, 0.717) is 24.7 Å². The van der Waals surface area contributed by atoms with E-state index in [9.17, 15) is 19.7 Å². The third kappa shape index (κ3) is 4.43. The third-order valence-corrected chi connectivity index (χ3v) is 5.58. The molecule has 0 N–H and O–H groups in total. The van der Waals surface area contributed by atoms with Crippen LogP contribution >= 0.6 is 0 Å². The average molecular weight is 389 g/mol. The highest BCUT2D eigenvalue weighted by Gasteiger charge is 2.29. The SMILES string of the molecule is CC1CCN(c2ccc([N+](=O)[O-])cc2C(=O)O[C@@H](C)C(=O)N2CCCC2)CC1. The highest BCUT2D eigenvalue weighted by atomic mass is 16.6. The Morgan fingerprint density at radius 1 is 1.18 bits per heavy atom. The number of esters is 1. The van der Waals surface area contributed by atoms with Gasteiger partial charge in [-0.05, 0) is 44.6 Å². The van der Waals surface area contributed by atoms with Gasteiger partial charge in [-0.3, -0.25) is 14.9 Å². The molecule has 0 aliphatic carbocycles. The number of hydrogen-bond acceptors (Lipinski definition) is 6. The molecule has 0 spiro atoms. The van der Waals surface area contributed by atoms with Gasteiger partial charge in [-0.15, -0.1) is 0 Å². The maximum Gasteiger partial charge on any atom is 0.341 e. The van der Waals surface area contributed by atoms with Crippen LogP contribution in [0.3, 0.4) is 0 Å². The fraction of sp³-hybridized carbons (Fsp3) is 0.600. The first-order valence-electron chi connectivity index (χ1n) is 9.90. The molecule has 8 heteroatoms. The molecule has 0 bridgehead atoms. The molecule has 1 aromatic rings. The van der Waals surface area contributed by atoms with Crippen molar-refractivity contribution in [3.05, 3.63) is 33.9 Å². The first-order chi connectivity index (χ1) is 13.4. The number of hydrogen-bond donors (Lipinski definition) is 0. The Labute approximate surface area is 164 Å². The molecule has 1 atom stereocenters. The summed E-state index contributed by atoms with van der Waals surface area (Å²) in [6, 6.07) is 4.27. The van der Waals surface area contributed by atoms with E-state index < -0.39 is 17.0 Å². The van der Waals surface area contributed by atoms with E-state index in [2.05, 4.69) is 11.8 Å². The molecular formula is C20H27N3O5. The summed E-state index contributed by atoms with van der Waals surface area (Å²) in [5.74, 6) is -0.301. The Morgan fingerprint density at radius 2 is 1.82 bits per heavy atom. The summed E-state index contributed by atoms with van der Waals surface area (Å²) < 4.78 is 5.42. The van der Waals surface area contributed by atoms with E-state index >= 15 is 0 Å². The second-order valence-electron chi connectivity index (χ2n) is 7.71. The van der Waals surface area contributed by atoms with E-state index in [1.165, 1.54) is 12.1 Å². The molecule has 2 heterocycles. The molecule has 28 heavy (non-hydrogen) atoms. The van der Waals surface area contributed by atoms with Gasteiger partial charge in [0.25, 0.3) is 11.6 Å². The van der Waals surface area contributed by atoms with Crippen molar-refractivity contribution in [3.63, 3.8) is 0 Å². The molecule has 3 rings (SSSR count). The molecule has 0 aromatic heterocycles. The highest BCUT2D eigenvalue weighted by molar-refractivity contribution is 5.98. The molecular weight excluding hydrogens is 362 g/mol. The number of nitro benzene ring substituents is 1. The van der Waals surface area contributed by atoms with Gasteiger partial charge in [0.2, 0.25) is 0 Å². The summed E-state index contributed by atoms with van der Waals surface area (Å²) in [4.78, 5) is 39.7. The normalized spacial score (nSPS) is 18.8. The molecule has 152 valence electrons. The summed E-state index contributed by atoms with van der Waals surface area (Å²) >= 11 is 0. The van der Waals surface area contributed by atoms with Gasteiger partial charge < -0.3 is 14.5 Å². The van der Waals surface area contributed by atoms with Crippen molar-refractivity contribution in [3.8, 4) is 0 Å². The predicted octanol–water partition coefficient (Wildman–Crippen LogP) is 3.00. The Morgan fingerprint density at radius 3 is 2.43 bits per heavy atom. The van der Waals surface area contributed by atoms with E-state index in [1.807, 2.05) is 0 Å². The maximum atomic E-state index is 12.8. The molecule has 2 saturated heterocycles. The lowest BCUT2D eigenvalue weighted by Crippen LogP contribution is -2.38. The van der Waals surface area contributed by atoms with E-state index in [4.69, 9.17) is 4.74 Å². The standard InChI is InChI=1S/C20H27N3O5/c1-14-7-11-21(12-8-14)18-6-5-16(23(26)27)13-17(18)20(25)28-15(2)19(24)22-9-3-4-10-22/h5-6,13-15H,3-4,7-12H2,1-2H3/t15-/m0/s1. The van der Waals surface area contributed by atoms with Gasteiger partial charge in [0, 0.05) is 38.3 Å². The minimum absolute atomic E-state index is 0.143. The number of nitrogens with zero attached hydrogens (tertiary/aromatic N) is 3. The summed E-state index contributed by atoms with van der Waals surface area (Å²) in [5, 5.41) is 11.2. The van der Waals surface area contributed by atoms with Crippen LogP contribution in [0.2, 0.25) is 0 Å². The van der Waals surface area contributed by atoms with Gasteiger partial charge in [-0.25, -0.2) is 4.79 Å². The molecule has 0 radical (unpaired) electrons. The second-order valence-corrected chi connectivity index (χ2v) is 7.71. The molecule has 2 aliphatic heterocycles. The fourth-order valence-corrected chi connectivity index (χ4v) is 3.80. The number of rotatable bonds is 5. The lowest BCUT2D eigenvalue weighted by molar-refractivity contribution is -0.384. The molecule has 1 amide bonds. The monoisotopic (exact) mass is 389 g/mol. The van der Waals surface area contributed by atoms with Gasteiger partial charge in [0.1, 0.15) is 0 Å². The lowest BCUT2D eigenvalue weighted by Gasteiger charge is -2.33. The molecule has 2 aliphatic rings. The zero-order chi connectivity index (χ0) is 20.3. The van der Waals surface area contributed by atoms with Crippen molar-refractivity contribution in [1.29, 1.82) is 0 Å². The van der Waals surface area contributed by atoms with Crippen molar-refractivity contribution >= 4 is 23.3 Å². The number of amides is 1. The first-order valence-corrected chi connectivity index (χ1v) is 9.90. The number of piperidine rings is 1. The number of anilines is 1. The van der Waals surface area contributed by atoms with Gasteiger partial charge in [0.15, 0.2) is 6.10 Å². The predicted molar refractivity (Wildman–Crippen MR) is 104 cm³/mol. The molecule has 0 saturated carbocycles. The van der Waals surface area contributed by atoms with Crippen LogP contribution in [0.5, 0.6) is 0 Å². The zero-order valence-corrected chi connectivity index (χ0v) is 16.4. The second kappa shape index (κ2) is 8.58. The van der Waals surface area contributed by atoms with E-state index in [-0.39, 0.29) is 17.2 Å². The Hall–Kier alpha value is -2.64. The van der Waals surface area contributed by atoms with Crippen molar-refractivity contribution in [2.24, 2.45) is 5.92 Å². The minimum atomic E-state index is -0.918. The zero-order valence-electron chi connectivity index (χ0n) is 16.4. The van der Waals surface area contributed by atoms with Gasteiger partial charge >= 0.3 is 5.97 Å². The number of non-ortho nitro benzene ring substituents is 1. The smallest absolute Gasteiger partial charge is 0.341 e. The van der Waals surface area contributed by atoms with Gasteiger partial charge in [0.05, 0.1) is 16.2 Å². The molecule has 0 unspecified atom stereocenters. The number of benzene rings is 1. The van der Waals surface area contributed by atoms with E-state index in [0.717, 1.165) is 38.8 Å². The Balaban J connectivity index is 1.81. The number of carbonyl (C=O) groups is 2. The summed E-state index contributed by atoms with van der Waals surface area (Å²) in [5.41, 5.74) is 0.604. The largest absolute Gasteiger partial charge is 0.449 e. The van der Waals surface area contributed by atoms with Crippen LogP contribution in [-0.2, 0) is 9.53 Å². The average Bonchev–Trinajstić information content (AvgIpc) is 3.22. The number of ether oxygens (including phenoxy) is 1. The quantitative estimate of drug-likeness (QED) is 0.437. The van der Waals surface area contributed by atoms with Crippen LogP contribution in [0, 0.1) is 16.0 Å². The minimum Gasteiger partial charge on any atom is -0.449 e.